The fourth-order valence-corrected chi connectivity index (χ4v) is 6.06. The topological polar surface area (TPSA) is 92.8 Å². The highest BCUT2D eigenvalue weighted by Crippen LogP contribution is 2.39. The van der Waals surface area contributed by atoms with E-state index in [-0.39, 0.29) is 11.7 Å². The van der Waals surface area contributed by atoms with Crippen molar-refractivity contribution in [2.45, 2.75) is 44.8 Å². The third-order valence-electron chi connectivity index (χ3n) is 5.59. The molecule has 1 amide bonds. The summed E-state index contributed by atoms with van der Waals surface area (Å²) >= 11 is 2.89. The van der Waals surface area contributed by atoms with Crippen LogP contribution in [0.15, 0.2) is 29.4 Å². The number of nitriles is 1. The second kappa shape index (κ2) is 9.76. The molecule has 1 aromatic carbocycles. The smallest absolute Gasteiger partial charge is 0.235 e. The summed E-state index contributed by atoms with van der Waals surface area (Å²) in [7, 11) is 1.63. The van der Waals surface area contributed by atoms with Gasteiger partial charge in [0.2, 0.25) is 5.91 Å². The van der Waals surface area contributed by atoms with Crippen molar-refractivity contribution in [1.82, 2.24) is 14.8 Å². The van der Waals surface area contributed by atoms with E-state index in [0.29, 0.717) is 28.2 Å². The van der Waals surface area contributed by atoms with Crippen LogP contribution in [0.1, 0.15) is 36.3 Å². The molecule has 166 valence electrons. The summed E-state index contributed by atoms with van der Waals surface area (Å²) in [6.07, 6.45) is 2.98. The molecule has 0 spiro atoms. The Morgan fingerprint density at radius 2 is 2.16 bits per heavy atom. The summed E-state index contributed by atoms with van der Waals surface area (Å²) in [4.78, 5) is 13.9. The van der Waals surface area contributed by atoms with Crippen molar-refractivity contribution < 1.29 is 9.53 Å². The number of carbonyl (C=O) groups is 1. The van der Waals surface area contributed by atoms with Gasteiger partial charge in [-0.1, -0.05) is 18.7 Å². The van der Waals surface area contributed by atoms with Crippen LogP contribution in [-0.4, -0.2) is 33.5 Å². The number of rotatable bonds is 7. The van der Waals surface area contributed by atoms with Crippen molar-refractivity contribution in [3.05, 3.63) is 40.3 Å². The van der Waals surface area contributed by atoms with Gasteiger partial charge in [0.15, 0.2) is 11.0 Å². The van der Waals surface area contributed by atoms with E-state index in [9.17, 15) is 10.1 Å². The minimum atomic E-state index is -0.144. The van der Waals surface area contributed by atoms with Gasteiger partial charge in [0.05, 0.1) is 18.4 Å². The van der Waals surface area contributed by atoms with Gasteiger partial charge in [-0.05, 0) is 61.9 Å². The molecule has 9 heteroatoms. The number of methoxy groups -OCH3 is 1. The van der Waals surface area contributed by atoms with Crippen LogP contribution in [0.4, 0.5) is 5.00 Å². The van der Waals surface area contributed by atoms with Gasteiger partial charge in [-0.3, -0.25) is 4.79 Å². The van der Waals surface area contributed by atoms with E-state index in [1.165, 1.54) is 16.6 Å². The highest BCUT2D eigenvalue weighted by molar-refractivity contribution is 7.99. The number of hydrogen-bond acceptors (Lipinski definition) is 7. The van der Waals surface area contributed by atoms with Gasteiger partial charge in [0.25, 0.3) is 0 Å². The number of nitrogens with zero attached hydrogens (tertiary/aromatic N) is 4. The molecule has 2 heterocycles. The number of thiophene rings is 1. The number of thioether (sulfide) groups is 1. The molecule has 32 heavy (non-hydrogen) atoms. The standard InChI is InChI=1S/C23H25N5O2S2/c1-4-28-21(15-6-8-16(30-3)9-7-15)26-27-23(28)31-13-20(29)25-22-18(12-24)17-10-5-14(2)11-19(17)32-22/h6-9,14H,4-5,10-11,13H2,1-3H3,(H,25,29). The molecule has 1 aliphatic rings. The van der Waals surface area contributed by atoms with E-state index in [2.05, 4.69) is 28.5 Å². The number of aromatic nitrogens is 3. The molecule has 0 fully saturated rings. The van der Waals surface area contributed by atoms with Gasteiger partial charge >= 0.3 is 0 Å². The number of amides is 1. The molecule has 0 aliphatic heterocycles. The number of carbonyl (C=O) groups excluding carboxylic acids is 1. The predicted molar refractivity (Wildman–Crippen MR) is 127 cm³/mol. The zero-order chi connectivity index (χ0) is 22.7. The Balaban J connectivity index is 1.45. The van der Waals surface area contributed by atoms with Crippen molar-refractivity contribution in [3.8, 4) is 23.2 Å². The number of nitrogens with one attached hydrogen (secondary N) is 1. The number of fused-ring (bicyclic) bond motifs is 1. The minimum Gasteiger partial charge on any atom is -0.497 e. The molecule has 1 unspecified atom stereocenters. The van der Waals surface area contributed by atoms with Gasteiger partial charge in [-0.25, -0.2) is 0 Å². The molecule has 3 aromatic rings. The Morgan fingerprint density at radius 3 is 2.84 bits per heavy atom. The molecule has 1 aliphatic carbocycles. The van der Waals surface area contributed by atoms with Gasteiger partial charge in [0.1, 0.15) is 16.8 Å². The molecule has 2 aromatic heterocycles. The Labute approximate surface area is 195 Å². The van der Waals surface area contributed by atoms with Crippen LogP contribution in [0.2, 0.25) is 0 Å². The largest absolute Gasteiger partial charge is 0.497 e. The molecule has 4 rings (SSSR count). The Kier molecular flexibility index (Phi) is 6.82. The van der Waals surface area contributed by atoms with E-state index >= 15 is 0 Å². The molecule has 7 nitrogen and oxygen atoms in total. The van der Waals surface area contributed by atoms with Crippen LogP contribution in [-0.2, 0) is 24.2 Å². The first kappa shape index (κ1) is 22.4. The molecular weight excluding hydrogens is 442 g/mol. The SMILES string of the molecule is CCn1c(SCC(=O)Nc2sc3c(c2C#N)CCC(C)C3)nnc1-c1ccc(OC)cc1. The van der Waals surface area contributed by atoms with Crippen molar-refractivity contribution in [2.75, 3.05) is 18.2 Å². The lowest BCUT2D eigenvalue weighted by Crippen LogP contribution is -2.14. The third kappa shape index (κ3) is 4.52. The highest BCUT2D eigenvalue weighted by Gasteiger charge is 2.25. The maximum Gasteiger partial charge on any atom is 0.235 e. The normalized spacial score (nSPS) is 15.1. The van der Waals surface area contributed by atoms with E-state index in [4.69, 9.17) is 4.74 Å². The molecule has 0 saturated carbocycles. The predicted octanol–water partition coefficient (Wildman–Crippen LogP) is 4.76. The van der Waals surface area contributed by atoms with Crippen molar-refractivity contribution in [1.29, 1.82) is 5.26 Å². The lowest BCUT2D eigenvalue weighted by atomic mass is 9.89. The molecule has 1 atom stereocenters. The van der Waals surface area contributed by atoms with Crippen LogP contribution in [0.25, 0.3) is 11.4 Å². The molecule has 0 radical (unpaired) electrons. The van der Waals surface area contributed by atoms with Crippen molar-refractivity contribution >= 4 is 34.0 Å². The van der Waals surface area contributed by atoms with Crippen molar-refractivity contribution in [3.63, 3.8) is 0 Å². The van der Waals surface area contributed by atoms with Crippen LogP contribution in [0.3, 0.4) is 0 Å². The molecule has 0 saturated heterocycles. The quantitative estimate of drug-likeness (QED) is 0.504. The first-order valence-corrected chi connectivity index (χ1v) is 12.4. The molecular formula is C23H25N5O2S2. The fourth-order valence-electron chi connectivity index (χ4n) is 3.88. The zero-order valence-corrected chi connectivity index (χ0v) is 20.0. The summed E-state index contributed by atoms with van der Waals surface area (Å²) in [5, 5.41) is 22.6. The van der Waals surface area contributed by atoms with Gasteiger partial charge in [-0.15, -0.1) is 21.5 Å². The van der Waals surface area contributed by atoms with Gasteiger partial charge < -0.3 is 14.6 Å². The highest BCUT2D eigenvalue weighted by atomic mass is 32.2. The minimum absolute atomic E-state index is 0.144. The third-order valence-corrected chi connectivity index (χ3v) is 7.73. The van der Waals surface area contributed by atoms with Crippen LogP contribution in [0.5, 0.6) is 5.75 Å². The lowest BCUT2D eigenvalue weighted by molar-refractivity contribution is -0.113. The maximum absolute atomic E-state index is 12.7. The summed E-state index contributed by atoms with van der Waals surface area (Å²) in [6, 6.07) is 9.96. The summed E-state index contributed by atoms with van der Waals surface area (Å²) < 4.78 is 7.21. The maximum atomic E-state index is 12.7. The first-order valence-electron chi connectivity index (χ1n) is 10.6. The molecule has 0 bridgehead atoms. The Morgan fingerprint density at radius 1 is 1.38 bits per heavy atom. The lowest BCUT2D eigenvalue weighted by Gasteiger charge is -2.17. The second-order valence-corrected chi connectivity index (χ2v) is 9.83. The fraction of sp³-hybridized carbons (Fsp3) is 0.391. The number of ether oxygens (including phenoxy) is 1. The zero-order valence-electron chi connectivity index (χ0n) is 18.3. The summed E-state index contributed by atoms with van der Waals surface area (Å²) in [6.45, 7) is 4.94. The number of anilines is 1. The summed E-state index contributed by atoms with van der Waals surface area (Å²) in [5.41, 5.74) is 2.69. The monoisotopic (exact) mass is 467 g/mol. The van der Waals surface area contributed by atoms with Crippen LogP contribution >= 0.6 is 23.1 Å². The van der Waals surface area contributed by atoms with E-state index in [0.717, 1.165) is 42.0 Å². The Bertz CT molecular complexity index is 1160. The number of hydrogen-bond donors (Lipinski definition) is 1. The van der Waals surface area contributed by atoms with Gasteiger partial charge in [0, 0.05) is 17.0 Å². The average Bonchev–Trinajstić information content (AvgIpc) is 3.37. The van der Waals surface area contributed by atoms with Crippen molar-refractivity contribution in [2.24, 2.45) is 5.92 Å². The second-order valence-electron chi connectivity index (χ2n) is 7.78. The van der Waals surface area contributed by atoms with E-state index in [1.54, 1.807) is 18.4 Å². The van der Waals surface area contributed by atoms with Crippen LogP contribution < -0.4 is 10.1 Å². The first-order chi connectivity index (χ1) is 15.5. The van der Waals surface area contributed by atoms with Crippen LogP contribution in [0, 0.1) is 17.2 Å². The average molecular weight is 468 g/mol. The summed E-state index contributed by atoms with van der Waals surface area (Å²) in [5.74, 6) is 2.21. The Hall–Kier alpha value is -2.83. The van der Waals surface area contributed by atoms with E-state index in [1.807, 2.05) is 35.8 Å². The van der Waals surface area contributed by atoms with E-state index < -0.39 is 0 Å². The van der Waals surface area contributed by atoms with Gasteiger partial charge in [-0.2, -0.15) is 5.26 Å². The molecule has 1 N–H and O–H groups in total. The number of benzene rings is 1.